The second-order valence-corrected chi connectivity index (χ2v) is 9.82. The lowest BCUT2D eigenvalue weighted by Crippen LogP contribution is -2.08. The molecule has 3 nitrogen and oxygen atoms in total. The SMILES string of the molecule is C=CCCC(CCC(C)CCO)C(=C)C.C=CCCC(CCC(C)CCOC(C)=O)C(=C)C. The third-order valence-corrected chi connectivity index (χ3v) is 6.39. The first-order valence-electron chi connectivity index (χ1n) is 12.9. The van der Waals surface area contributed by atoms with E-state index in [4.69, 9.17) is 9.84 Å². The van der Waals surface area contributed by atoms with Crippen LogP contribution in [0.25, 0.3) is 0 Å². The summed E-state index contributed by atoms with van der Waals surface area (Å²) >= 11 is 0. The Morgan fingerprint density at radius 1 is 0.758 bits per heavy atom. The Morgan fingerprint density at radius 3 is 1.52 bits per heavy atom. The van der Waals surface area contributed by atoms with Gasteiger partial charge in [-0.15, -0.1) is 13.2 Å². The summed E-state index contributed by atoms with van der Waals surface area (Å²) in [5.41, 5.74) is 2.55. The summed E-state index contributed by atoms with van der Waals surface area (Å²) in [7, 11) is 0. The summed E-state index contributed by atoms with van der Waals surface area (Å²) in [5, 5.41) is 8.82. The van der Waals surface area contributed by atoms with Crippen molar-refractivity contribution in [2.45, 2.75) is 98.8 Å². The van der Waals surface area contributed by atoms with E-state index in [0.29, 0.717) is 36.9 Å². The number of carbonyl (C=O) groups is 1. The van der Waals surface area contributed by atoms with Gasteiger partial charge in [0.05, 0.1) is 6.61 Å². The first-order valence-corrected chi connectivity index (χ1v) is 12.9. The summed E-state index contributed by atoms with van der Waals surface area (Å²) in [4.78, 5) is 10.7. The molecule has 4 unspecified atom stereocenters. The van der Waals surface area contributed by atoms with Crippen LogP contribution >= 0.6 is 0 Å². The minimum Gasteiger partial charge on any atom is -0.466 e. The van der Waals surface area contributed by atoms with Gasteiger partial charge in [0, 0.05) is 13.5 Å². The van der Waals surface area contributed by atoms with Crippen LogP contribution in [-0.2, 0) is 9.53 Å². The van der Waals surface area contributed by atoms with Crippen LogP contribution in [0.4, 0.5) is 0 Å². The largest absolute Gasteiger partial charge is 0.466 e. The van der Waals surface area contributed by atoms with Crippen molar-refractivity contribution in [2.75, 3.05) is 13.2 Å². The van der Waals surface area contributed by atoms with Crippen molar-refractivity contribution in [2.24, 2.45) is 23.7 Å². The number of ether oxygens (including phenoxy) is 1. The molecule has 0 aliphatic carbocycles. The van der Waals surface area contributed by atoms with Crippen LogP contribution in [0.5, 0.6) is 0 Å². The van der Waals surface area contributed by atoms with Crippen LogP contribution in [0, 0.1) is 23.7 Å². The smallest absolute Gasteiger partial charge is 0.302 e. The topological polar surface area (TPSA) is 46.5 Å². The van der Waals surface area contributed by atoms with E-state index in [0.717, 1.165) is 38.5 Å². The molecule has 0 spiro atoms. The van der Waals surface area contributed by atoms with Crippen molar-refractivity contribution in [1.82, 2.24) is 0 Å². The summed E-state index contributed by atoms with van der Waals surface area (Å²) in [5.74, 6) is 2.26. The summed E-state index contributed by atoms with van der Waals surface area (Å²) in [6.45, 7) is 26.6. The fourth-order valence-electron chi connectivity index (χ4n) is 3.80. The molecule has 0 fully saturated rings. The van der Waals surface area contributed by atoms with E-state index < -0.39 is 0 Å². The van der Waals surface area contributed by atoms with E-state index in [1.165, 1.54) is 43.8 Å². The molecular weight excluding hydrogens is 408 g/mol. The number of carbonyl (C=O) groups excluding carboxylic acids is 1. The molecule has 192 valence electrons. The Bertz CT molecular complexity index is 549. The average molecular weight is 463 g/mol. The Morgan fingerprint density at radius 2 is 1.18 bits per heavy atom. The van der Waals surface area contributed by atoms with Gasteiger partial charge < -0.3 is 9.84 Å². The molecule has 0 bridgehead atoms. The van der Waals surface area contributed by atoms with Gasteiger partial charge in [0.2, 0.25) is 0 Å². The normalized spacial score (nSPS) is 14.1. The molecule has 0 aliphatic heterocycles. The maximum atomic E-state index is 10.7. The van der Waals surface area contributed by atoms with E-state index in [9.17, 15) is 4.79 Å². The van der Waals surface area contributed by atoms with Crippen molar-refractivity contribution in [3.8, 4) is 0 Å². The van der Waals surface area contributed by atoms with Gasteiger partial charge in [-0.05, 0) is 88.9 Å². The van der Waals surface area contributed by atoms with Gasteiger partial charge in [-0.3, -0.25) is 4.79 Å². The minimum absolute atomic E-state index is 0.187. The number of esters is 1. The molecule has 4 atom stereocenters. The molecule has 0 aliphatic rings. The van der Waals surface area contributed by atoms with Crippen LogP contribution in [0.1, 0.15) is 98.8 Å². The lowest BCUT2D eigenvalue weighted by atomic mass is 9.88. The highest BCUT2D eigenvalue weighted by Crippen LogP contribution is 2.25. The number of aliphatic hydroxyl groups is 1. The maximum Gasteiger partial charge on any atom is 0.302 e. The Labute approximate surface area is 206 Å². The highest BCUT2D eigenvalue weighted by atomic mass is 16.5. The van der Waals surface area contributed by atoms with Crippen molar-refractivity contribution in [3.05, 3.63) is 49.6 Å². The lowest BCUT2D eigenvalue weighted by Gasteiger charge is -2.19. The zero-order chi connectivity index (χ0) is 25.6. The van der Waals surface area contributed by atoms with Gasteiger partial charge in [0.25, 0.3) is 0 Å². The van der Waals surface area contributed by atoms with Crippen LogP contribution < -0.4 is 0 Å². The van der Waals surface area contributed by atoms with E-state index in [-0.39, 0.29) is 5.97 Å². The second-order valence-electron chi connectivity index (χ2n) is 9.82. The number of hydrogen-bond acceptors (Lipinski definition) is 3. The average Bonchev–Trinajstić information content (AvgIpc) is 2.73. The van der Waals surface area contributed by atoms with Gasteiger partial charge in [0.1, 0.15) is 0 Å². The molecule has 0 radical (unpaired) electrons. The highest BCUT2D eigenvalue weighted by molar-refractivity contribution is 5.65. The summed E-state index contributed by atoms with van der Waals surface area (Å²) < 4.78 is 4.96. The molecular formula is C30H54O3. The Hall–Kier alpha value is -1.61. The number of aliphatic hydroxyl groups excluding tert-OH is 1. The van der Waals surface area contributed by atoms with E-state index in [1.807, 2.05) is 12.2 Å². The molecule has 33 heavy (non-hydrogen) atoms. The van der Waals surface area contributed by atoms with Crippen LogP contribution in [0.15, 0.2) is 49.6 Å². The molecule has 0 aromatic heterocycles. The van der Waals surface area contributed by atoms with E-state index >= 15 is 0 Å². The van der Waals surface area contributed by atoms with Crippen LogP contribution in [0.2, 0.25) is 0 Å². The summed E-state index contributed by atoms with van der Waals surface area (Å²) in [6, 6.07) is 0. The Kier molecular flexibility index (Phi) is 22.6. The van der Waals surface area contributed by atoms with Crippen molar-refractivity contribution >= 4 is 5.97 Å². The highest BCUT2D eigenvalue weighted by Gasteiger charge is 2.12. The molecule has 0 heterocycles. The number of rotatable bonds is 19. The predicted molar refractivity (Wildman–Crippen MR) is 145 cm³/mol. The quantitative estimate of drug-likeness (QED) is 0.155. The van der Waals surface area contributed by atoms with Crippen molar-refractivity contribution in [1.29, 1.82) is 0 Å². The third-order valence-electron chi connectivity index (χ3n) is 6.39. The van der Waals surface area contributed by atoms with E-state index in [2.05, 4.69) is 54.0 Å². The standard InChI is InChI=1S/C16H28O2.C14H26O/c1-6-7-8-16(13(2)3)10-9-14(4)11-12-18-15(5)17;1-5-6-7-14(12(2)3)9-8-13(4)10-11-15/h6,14,16H,1-2,7-12H2,3-5H3;5,13-15H,1-2,6-11H2,3-4H3. The molecule has 0 aromatic rings. The zero-order valence-electron chi connectivity index (χ0n) is 22.5. The first kappa shape index (κ1) is 33.6. The monoisotopic (exact) mass is 462 g/mol. The Balaban J connectivity index is 0. The third kappa shape index (κ3) is 22.0. The molecule has 0 saturated carbocycles. The second kappa shape index (κ2) is 22.2. The maximum absolute atomic E-state index is 10.7. The molecule has 1 N–H and O–H groups in total. The molecule has 0 aromatic carbocycles. The van der Waals surface area contributed by atoms with Crippen LogP contribution in [0.3, 0.4) is 0 Å². The lowest BCUT2D eigenvalue weighted by molar-refractivity contribution is -0.141. The first-order chi connectivity index (χ1) is 15.6. The van der Waals surface area contributed by atoms with E-state index in [1.54, 1.807) is 0 Å². The summed E-state index contributed by atoms with van der Waals surface area (Å²) in [6.07, 6.45) is 15.0. The molecule has 0 amide bonds. The van der Waals surface area contributed by atoms with Gasteiger partial charge in [-0.25, -0.2) is 0 Å². The van der Waals surface area contributed by atoms with Gasteiger partial charge in [0.15, 0.2) is 0 Å². The van der Waals surface area contributed by atoms with Crippen molar-refractivity contribution in [3.63, 3.8) is 0 Å². The molecule has 0 saturated heterocycles. The van der Waals surface area contributed by atoms with Gasteiger partial charge in [-0.1, -0.05) is 63.1 Å². The predicted octanol–water partition coefficient (Wildman–Crippen LogP) is 8.46. The fraction of sp³-hybridized carbons (Fsp3) is 0.700. The van der Waals surface area contributed by atoms with Gasteiger partial charge in [-0.2, -0.15) is 0 Å². The molecule has 3 heteroatoms. The number of allylic oxidation sites excluding steroid dienone is 4. The fourth-order valence-corrected chi connectivity index (χ4v) is 3.80. The number of hydrogen-bond donors (Lipinski definition) is 1. The van der Waals surface area contributed by atoms with Crippen molar-refractivity contribution < 1.29 is 14.6 Å². The molecule has 0 rings (SSSR count). The zero-order valence-corrected chi connectivity index (χ0v) is 22.5. The minimum atomic E-state index is -0.187. The van der Waals surface area contributed by atoms with Gasteiger partial charge >= 0.3 is 5.97 Å². The van der Waals surface area contributed by atoms with Crippen LogP contribution in [-0.4, -0.2) is 24.3 Å².